The van der Waals surface area contributed by atoms with Crippen LogP contribution in [0.1, 0.15) is 0 Å². The molecule has 0 amide bonds. The molecule has 1 aromatic carbocycles. The van der Waals surface area contributed by atoms with Crippen molar-refractivity contribution in [1.82, 2.24) is 19.8 Å². The summed E-state index contributed by atoms with van der Waals surface area (Å²) >= 11 is 1.30. The second kappa shape index (κ2) is 3.17. The van der Waals surface area contributed by atoms with Gasteiger partial charge in [-0.1, -0.05) is 23.5 Å². The number of hydrogen-bond acceptors (Lipinski definition) is 6. The first-order valence-electron chi connectivity index (χ1n) is 4.57. The lowest BCUT2D eigenvalue weighted by atomic mass is 10.2. The van der Waals surface area contributed by atoms with Crippen LogP contribution in [0, 0.1) is 0 Å². The number of nitrogens with zero attached hydrogens (tertiary/aromatic N) is 4. The van der Waals surface area contributed by atoms with E-state index < -0.39 is 0 Å². The Labute approximate surface area is 94.5 Å². The molecule has 0 saturated heterocycles. The quantitative estimate of drug-likeness (QED) is 0.611. The van der Waals surface area contributed by atoms with Gasteiger partial charge < -0.3 is 11.5 Å². The molecule has 2 heterocycles. The van der Waals surface area contributed by atoms with Crippen molar-refractivity contribution >= 4 is 27.1 Å². The van der Waals surface area contributed by atoms with Crippen LogP contribution in [0.3, 0.4) is 0 Å². The minimum Gasteiger partial charge on any atom is -0.399 e. The molecule has 3 aromatic rings. The molecule has 0 bridgehead atoms. The second-order valence-electron chi connectivity index (χ2n) is 3.28. The number of benzene rings is 1. The van der Waals surface area contributed by atoms with Crippen LogP contribution in [0.25, 0.3) is 16.3 Å². The van der Waals surface area contributed by atoms with E-state index in [1.165, 1.54) is 11.3 Å². The van der Waals surface area contributed by atoms with Crippen molar-refractivity contribution in [1.29, 1.82) is 0 Å². The predicted molar refractivity (Wildman–Crippen MR) is 62.9 cm³/mol. The average Bonchev–Trinajstić information content (AvgIpc) is 2.76. The monoisotopic (exact) mass is 232 g/mol. The normalized spacial score (nSPS) is 11.0. The zero-order chi connectivity index (χ0) is 11.1. The Morgan fingerprint density at radius 3 is 2.88 bits per heavy atom. The Kier molecular flexibility index (Phi) is 1.80. The van der Waals surface area contributed by atoms with Gasteiger partial charge in [-0.15, -0.1) is 15.3 Å². The second-order valence-corrected chi connectivity index (χ2v) is 4.27. The van der Waals surface area contributed by atoms with E-state index in [0.29, 0.717) is 21.6 Å². The molecule has 2 aromatic heterocycles. The highest BCUT2D eigenvalue weighted by atomic mass is 32.1. The number of hydrogen-bond donors (Lipinski definition) is 2. The van der Waals surface area contributed by atoms with Gasteiger partial charge in [-0.2, -0.15) is 4.52 Å². The zero-order valence-corrected chi connectivity index (χ0v) is 8.98. The van der Waals surface area contributed by atoms with Crippen LogP contribution >= 0.6 is 11.3 Å². The third kappa shape index (κ3) is 1.29. The number of nitrogen functional groups attached to an aromatic ring is 2. The van der Waals surface area contributed by atoms with Crippen molar-refractivity contribution in [2.24, 2.45) is 0 Å². The van der Waals surface area contributed by atoms with Crippen molar-refractivity contribution in [3.8, 4) is 11.4 Å². The first-order valence-corrected chi connectivity index (χ1v) is 5.39. The molecule has 0 aliphatic carbocycles. The molecule has 6 nitrogen and oxygen atoms in total. The van der Waals surface area contributed by atoms with Gasteiger partial charge in [0.05, 0.1) is 0 Å². The smallest absolute Gasteiger partial charge is 0.236 e. The summed E-state index contributed by atoms with van der Waals surface area (Å²) in [5.74, 6) is 0.648. The van der Waals surface area contributed by atoms with Crippen LogP contribution in [0.5, 0.6) is 0 Å². The molecule has 0 aliphatic heterocycles. The summed E-state index contributed by atoms with van der Waals surface area (Å²) in [7, 11) is 0. The van der Waals surface area contributed by atoms with Crippen molar-refractivity contribution in [2.45, 2.75) is 0 Å². The number of anilines is 2. The van der Waals surface area contributed by atoms with Gasteiger partial charge in [0.1, 0.15) is 0 Å². The Morgan fingerprint density at radius 2 is 2.06 bits per heavy atom. The summed E-state index contributed by atoms with van der Waals surface area (Å²) in [6, 6.07) is 7.41. The largest absolute Gasteiger partial charge is 0.399 e. The Hall–Kier alpha value is -2.15. The third-order valence-corrected chi connectivity index (χ3v) is 2.88. The fourth-order valence-corrected chi connectivity index (χ4v) is 2.09. The molecule has 80 valence electrons. The van der Waals surface area contributed by atoms with Gasteiger partial charge in [0.25, 0.3) is 0 Å². The predicted octanol–water partition coefficient (Wildman–Crippen LogP) is 1.02. The molecule has 7 heteroatoms. The molecule has 0 spiro atoms. The van der Waals surface area contributed by atoms with E-state index in [1.54, 1.807) is 4.52 Å². The van der Waals surface area contributed by atoms with Crippen LogP contribution in [0.15, 0.2) is 24.3 Å². The maximum absolute atomic E-state index is 5.71. The Bertz CT molecular complexity index is 655. The van der Waals surface area contributed by atoms with E-state index in [4.69, 9.17) is 11.5 Å². The number of nitrogens with two attached hydrogens (primary N) is 2. The van der Waals surface area contributed by atoms with E-state index >= 15 is 0 Å². The molecule has 0 unspecified atom stereocenters. The van der Waals surface area contributed by atoms with Crippen molar-refractivity contribution in [3.63, 3.8) is 0 Å². The Balaban J connectivity index is 2.25. The van der Waals surface area contributed by atoms with E-state index in [9.17, 15) is 0 Å². The van der Waals surface area contributed by atoms with Crippen LogP contribution in [-0.2, 0) is 0 Å². The van der Waals surface area contributed by atoms with E-state index in [1.807, 2.05) is 24.3 Å². The first kappa shape index (κ1) is 9.10. The summed E-state index contributed by atoms with van der Waals surface area (Å²) in [5, 5.41) is 12.6. The van der Waals surface area contributed by atoms with E-state index in [-0.39, 0.29) is 0 Å². The fourth-order valence-electron chi connectivity index (χ4n) is 1.49. The molecule has 0 atom stereocenters. The molecule has 16 heavy (non-hydrogen) atoms. The van der Waals surface area contributed by atoms with Crippen LogP contribution in [0.4, 0.5) is 10.8 Å². The zero-order valence-electron chi connectivity index (χ0n) is 8.16. The highest BCUT2D eigenvalue weighted by Gasteiger charge is 2.11. The lowest BCUT2D eigenvalue weighted by molar-refractivity contribution is 0.973. The number of aromatic nitrogens is 4. The summed E-state index contributed by atoms with van der Waals surface area (Å²) in [4.78, 5) is 0.676. The summed E-state index contributed by atoms with van der Waals surface area (Å²) in [6.45, 7) is 0. The van der Waals surface area contributed by atoms with Crippen LogP contribution in [-0.4, -0.2) is 19.8 Å². The minimum absolute atomic E-state index is 0.468. The van der Waals surface area contributed by atoms with Gasteiger partial charge in [-0.05, 0) is 12.1 Å². The standard InChI is InChI=1S/C9H8N6S/c10-6-3-1-2-5(4-6)7-12-13-9-15(7)14-8(11)16-9/h1-4H,10H2,(H2,11,14). The molecular formula is C9H8N6S. The fraction of sp³-hybridized carbons (Fsp3) is 0. The molecule has 0 saturated carbocycles. The van der Waals surface area contributed by atoms with E-state index in [0.717, 1.165) is 5.56 Å². The maximum atomic E-state index is 5.71. The van der Waals surface area contributed by atoms with Crippen molar-refractivity contribution in [3.05, 3.63) is 24.3 Å². The molecular weight excluding hydrogens is 224 g/mol. The topological polar surface area (TPSA) is 95.1 Å². The Morgan fingerprint density at radius 1 is 1.19 bits per heavy atom. The SMILES string of the molecule is Nc1cccc(-c2nnc3sc(N)nn23)c1. The lowest BCUT2D eigenvalue weighted by Gasteiger charge is -1.97. The summed E-state index contributed by atoms with van der Waals surface area (Å²) in [6.07, 6.45) is 0. The van der Waals surface area contributed by atoms with Gasteiger partial charge >= 0.3 is 0 Å². The molecule has 0 aliphatic rings. The molecule has 3 rings (SSSR count). The first-order chi connectivity index (χ1) is 7.74. The summed E-state index contributed by atoms with van der Waals surface area (Å²) < 4.78 is 1.62. The van der Waals surface area contributed by atoms with Gasteiger partial charge in [0, 0.05) is 11.3 Å². The van der Waals surface area contributed by atoms with E-state index in [2.05, 4.69) is 15.3 Å². The highest BCUT2D eigenvalue weighted by molar-refractivity contribution is 7.20. The van der Waals surface area contributed by atoms with Gasteiger partial charge in [0.15, 0.2) is 5.82 Å². The molecule has 4 N–H and O–H groups in total. The maximum Gasteiger partial charge on any atom is 0.236 e. The van der Waals surface area contributed by atoms with Crippen molar-refractivity contribution in [2.75, 3.05) is 11.5 Å². The molecule has 0 fully saturated rings. The minimum atomic E-state index is 0.468. The average molecular weight is 232 g/mol. The van der Waals surface area contributed by atoms with Gasteiger partial charge in [0.2, 0.25) is 10.1 Å². The highest BCUT2D eigenvalue weighted by Crippen LogP contribution is 2.23. The number of rotatable bonds is 1. The van der Waals surface area contributed by atoms with Crippen molar-refractivity contribution < 1.29 is 0 Å². The lowest BCUT2D eigenvalue weighted by Crippen LogP contribution is -1.93. The molecule has 0 radical (unpaired) electrons. The van der Waals surface area contributed by atoms with Gasteiger partial charge in [-0.25, -0.2) is 0 Å². The van der Waals surface area contributed by atoms with Crippen LogP contribution < -0.4 is 11.5 Å². The third-order valence-electron chi connectivity index (χ3n) is 2.15. The van der Waals surface area contributed by atoms with Gasteiger partial charge in [-0.3, -0.25) is 0 Å². The summed E-state index contributed by atoms with van der Waals surface area (Å²) in [5.41, 5.74) is 12.9. The number of fused-ring (bicyclic) bond motifs is 1. The van der Waals surface area contributed by atoms with Crippen LogP contribution in [0.2, 0.25) is 0 Å².